The van der Waals surface area contributed by atoms with Crippen molar-refractivity contribution in [3.8, 4) is 0 Å². The number of rotatable bonds is 16. The molecule has 8 unspecified atom stereocenters. The number of Topliss-reactive ketones (excluding diaryl/α,β-unsaturated/α-hetero) is 1. The van der Waals surface area contributed by atoms with Crippen LogP contribution in [0.1, 0.15) is 72.6 Å². The van der Waals surface area contributed by atoms with Gasteiger partial charge in [0.25, 0.3) is 0 Å². The molecular weight excluding hydrogens is 568 g/mol. The summed E-state index contributed by atoms with van der Waals surface area (Å²) in [6.45, 7) is 6.26. The number of ether oxygens (including phenoxy) is 4. The van der Waals surface area contributed by atoms with E-state index in [1.165, 1.54) is 27.7 Å². The Bertz CT molecular complexity index is 1050. The molecule has 4 saturated heterocycles. The van der Waals surface area contributed by atoms with E-state index in [4.69, 9.17) is 18.9 Å². The van der Waals surface area contributed by atoms with Gasteiger partial charge in [0.05, 0.1) is 83.3 Å². The highest BCUT2D eigenvalue weighted by Gasteiger charge is 2.80. The summed E-state index contributed by atoms with van der Waals surface area (Å²) in [4.78, 5) is 69.8. The predicted molar refractivity (Wildman–Crippen MR) is 144 cm³/mol. The summed E-state index contributed by atoms with van der Waals surface area (Å²) in [5.74, 6) is -6.66. The summed E-state index contributed by atoms with van der Waals surface area (Å²) in [5.41, 5.74) is -12.7. The number of hydrogen-bond donors (Lipinski definition) is 4. The van der Waals surface area contributed by atoms with Crippen LogP contribution >= 0.6 is 0 Å². The van der Waals surface area contributed by atoms with Gasteiger partial charge in [-0.3, -0.25) is 24.0 Å². The quantitative estimate of drug-likeness (QED) is 0.185. The summed E-state index contributed by atoms with van der Waals surface area (Å²) in [5, 5.41) is 43.8. The Labute approximate surface area is 249 Å². The molecule has 5 rings (SSSR count). The van der Waals surface area contributed by atoms with Crippen LogP contribution in [0.25, 0.3) is 0 Å². The van der Waals surface area contributed by atoms with E-state index in [-0.39, 0.29) is 71.4 Å². The summed E-state index contributed by atoms with van der Waals surface area (Å²) >= 11 is 0. The Morgan fingerprint density at radius 1 is 0.581 bits per heavy atom. The Hall–Kier alpha value is -2.61. The van der Waals surface area contributed by atoms with Crippen molar-refractivity contribution in [1.82, 2.24) is 0 Å². The molecule has 1 saturated carbocycles. The van der Waals surface area contributed by atoms with E-state index in [9.17, 15) is 39.6 Å². The van der Waals surface area contributed by atoms with Gasteiger partial charge in [0.2, 0.25) is 0 Å². The summed E-state index contributed by atoms with van der Waals surface area (Å²) in [6.07, 6.45) is -3.36. The Morgan fingerprint density at radius 3 is 0.953 bits per heavy atom. The topological polar surface area (TPSA) is 216 Å². The maximum Gasteiger partial charge on any atom is 0.310 e. The van der Waals surface area contributed by atoms with Gasteiger partial charge in [-0.25, -0.2) is 0 Å². The predicted octanol–water partition coefficient (Wildman–Crippen LogP) is 2.23. The van der Waals surface area contributed by atoms with Crippen molar-refractivity contribution >= 4 is 29.7 Å². The number of carboxylic acids is 4. The lowest BCUT2D eigenvalue weighted by molar-refractivity contribution is -0.221. The monoisotopic (exact) mass is 610 g/mol. The largest absolute Gasteiger partial charge is 0.481 e. The number of ketones is 1. The summed E-state index contributed by atoms with van der Waals surface area (Å²) < 4.78 is 21.6. The maximum absolute atomic E-state index is 16.0. The van der Waals surface area contributed by atoms with Crippen LogP contribution in [-0.2, 0) is 42.9 Å². The van der Waals surface area contributed by atoms with Crippen molar-refractivity contribution in [2.45, 2.75) is 97.1 Å². The fourth-order valence-electron chi connectivity index (χ4n) is 8.88. The van der Waals surface area contributed by atoms with E-state index in [0.29, 0.717) is 0 Å². The zero-order valence-electron chi connectivity index (χ0n) is 25.1. The van der Waals surface area contributed by atoms with E-state index in [1.807, 2.05) is 0 Å². The molecule has 240 valence electrons. The molecule has 13 nitrogen and oxygen atoms in total. The second kappa shape index (κ2) is 10.2. The number of carbonyl (C=O) groups is 5. The molecule has 4 N–H and O–H groups in total. The van der Waals surface area contributed by atoms with E-state index in [2.05, 4.69) is 0 Å². The number of carbonyl (C=O) groups excluding carboxylic acids is 1. The molecule has 1 aliphatic carbocycles. The van der Waals surface area contributed by atoms with Crippen LogP contribution < -0.4 is 0 Å². The minimum Gasteiger partial charge on any atom is -0.481 e. The Balaban J connectivity index is 1.86. The third-order valence-corrected chi connectivity index (χ3v) is 11.7. The number of epoxide rings is 4. The van der Waals surface area contributed by atoms with Gasteiger partial charge in [-0.2, -0.15) is 0 Å². The van der Waals surface area contributed by atoms with Crippen molar-refractivity contribution in [3.05, 3.63) is 0 Å². The molecule has 43 heavy (non-hydrogen) atoms. The van der Waals surface area contributed by atoms with Gasteiger partial charge in [-0.1, -0.05) is 6.42 Å². The van der Waals surface area contributed by atoms with Gasteiger partial charge in [0.15, 0.2) is 0 Å². The van der Waals surface area contributed by atoms with Crippen molar-refractivity contribution in [2.24, 2.45) is 32.5 Å². The zero-order chi connectivity index (χ0) is 31.8. The lowest BCUT2D eigenvalue weighted by Gasteiger charge is -2.64. The highest BCUT2D eigenvalue weighted by Crippen LogP contribution is 2.72. The van der Waals surface area contributed by atoms with Crippen LogP contribution in [0, 0.1) is 32.5 Å². The van der Waals surface area contributed by atoms with Crippen LogP contribution in [0.2, 0.25) is 0 Å². The smallest absolute Gasteiger partial charge is 0.310 e. The Kier molecular flexibility index (Phi) is 7.55. The van der Waals surface area contributed by atoms with Crippen LogP contribution in [0.5, 0.6) is 0 Å². The molecular formula is C30H42O13. The third kappa shape index (κ3) is 4.60. The highest BCUT2D eigenvalue weighted by molar-refractivity contribution is 6.06. The fourth-order valence-corrected chi connectivity index (χ4v) is 8.88. The molecule has 0 amide bonds. The first-order valence-corrected chi connectivity index (χ1v) is 14.9. The second-order valence-corrected chi connectivity index (χ2v) is 14.2. The van der Waals surface area contributed by atoms with E-state index in [1.54, 1.807) is 0 Å². The second-order valence-electron chi connectivity index (χ2n) is 14.2. The normalized spacial score (nSPS) is 38.4. The zero-order valence-corrected chi connectivity index (χ0v) is 25.1. The lowest BCUT2D eigenvalue weighted by atomic mass is 9.34. The SMILES string of the molecule is CC(CC1CO1)(C(=O)O)C1(C(C)(CC2CO2)C(=O)O)CCCC(C(C)(CC2CO2)C(=O)O)(C(C)(CC2CO2)C(=O)O)C1=O. The molecule has 0 spiro atoms. The highest BCUT2D eigenvalue weighted by atomic mass is 16.6. The number of hydrogen-bond acceptors (Lipinski definition) is 9. The molecule has 8 atom stereocenters. The van der Waals surface area contributed by atoms with Crippen molar-refractivity contribution in [2.75, 3.05) is 26.4 Å². The Morgan fingerprint density at radius 2 is 0.791 bits per heavy atom. The average molecular weight is 611 g/mol. The maximum atomic E-state index is 16.0. The van der Waals surface area contributed by atoms with Crippen LogP contribution in [-0.4, -0.2) is 101 Å². The molecule has 0 aromatic rings. The molecule has 13 heteroatoms. The van der Waals surface area contributed by atoms with E-state index in [0.717, 1.165) is 0 Å². The first-order chi connectivity index (χ1) is 19.9. The van der Waals surface area contributed by atoms with Gasteiger partial charge in [0.1, 0.15) is 5.78 Å². The van der Waals surface area contributed by atoms with Crippen molar-refractivity contribution < 1.29 is 63.3 Å². The minimum absolute atomic E-state index is 0.0251. The molecule has 0 aromatic heterocycles. The van der Waals surface area contributed by atoms with Crippen LogP contribution in [0.15, 0.2) is 0 Å². The molecule has 5 fully saturated rings. The minimum atomic E-state index is -2.24. The molecule has 0 aromatic carbocycles. The van der Waals surface area contributed by atoms with Gasteiger partial charge in [-0.15, -0.1) is 0 Å². The van der Waals surface area contributed by atoms with Gasteiger partial charge >= 0.3 is 23.9 Å². The lowest BCUT2D eigenvalue weighted by Crippen LogP contribution is -2.74. The fraction of sp³-hybridized carbons (Fsp3) is 0.833. The molecule has 0 bridgehead atoms. The number of aliphatic carboxylic acids is 4. The first-order valence-electron chi connectivity index (χ1n) is 14.9. The standard InChI is InChI=1S/C30H42O13/c1-25(21(32)33,8-16-12-40-16)29(26(2,22(34)35)9-17-13-41-17)6-5-7-30(20(29)31,27(3,23(36)37)10-18-14-42-18)28(4,24(38)39)11-19-15-43-19/h16-19H,5-15H2,1-4H3,(H,32,33)(H,34,35)(H,36,37)(H,38,39). The first kappa shape index (κ1) is 31.8. The van der Waals surface area contributed by atoms with Gasteiger partial charge in [-0.05, 0) is 66.2 Å². The van der Waals surface area contributed by atoms with Crippen LogP contribution in [0.4, 0.5) is 0 Å². The molecule has 0 radical (unpaired) electrons. The molecule has 4 aliphatic heterocycles. The van der Waals surface area contributed by atoms with E-state index >= 15 is 4.79 Å². The van der Waals surface area contributed by atoms with Crippen LogP contribution in [0.3, 0.4) is 0 Å². The molecule has 5 aliphatic rings. The van der Waals surface area contributed by atoms with E-state index < -0.39 is 86.6 Å². The van der Waals surface area contributed by atoms with Gasteiger partial charge in [0, 0.05) is 0 Å². The molecule has 4 heterocycles. The number of carboxylic acid groups (broad SMARTS) is 4. The summed E-state index contributed by atoms with van der Waals surface area (Å²) in [7, 11) is 0. The summed E-state index contributed by atoms with van der Waals surface area (Å²) in [6, 6.07) is 0. The van der Waals surface area contributed by atoms with Crippen molar-refractivity contribution in [1.29, 1.82) is 0 Å². The van der Waals surface area contributed by atoms with Gasteiger partial charge < -0.3 is 39.4 Å². The van der Waals surface area contributed by atoms with Crippen molar-refractivity contribution in [3.63, 3.8) is 0 Å². The average Bonchev–Trinajstić information content (AvgIpc) is 3.71. The third-order valence-electron chi connectivity index (χ3n) is 11.7.